The topological polar surface area (TPSA) is 74.5 Å². The first-order valence-electron chi connectivity index (χ1n) is 4.41. The summed E-state index contributed by atoms with van der Waals surface area (Å²) in [6.45, 7) is 2.58. The predicted octanol–water partition coefficient (Wildman–Crippen LogP) is 0.713. The van der Waals surface area contributed by atoms with E-state index in [-0.39, 0.29) is 5.95 Å². The summed E-state index contributed by atoms with van der Waals surface area (Å²) in [5.74, 6) is 0.267. The molecule has 2 rings (SSSR count). The van der Waals surface area contributed by atoms with Crippen molar-refractivity contribution < 1.29 is 0 Å². The van der Waals surface area contributed by atoms with Gasteiger partial charge in [-0.3, -0.25) is 4.68 Å². The second kappa shape index (κ2) is 3.65. The van der Waals surface area contributed by atoms with Gasteiger partial charge in [0.2, 0.25) is 5.95 Å². The van der Waals surface area contributed by atoms with Gasteiger partial charge in [-0.15, -0.1) is 5.10 Å². The summed E-state index contributed by atoms with van der Waals surface area (Å²) < 4.78 is 4.10. The summed E-state index contributed by atoms with van der Waals surface area (Å²) >= 11 is 3.29. The third kappa shape index (κ3) is 2.01. The molecule has 0 aliphatic rings. The third-order valence-corrected chi connectivity index (χ3v) is 2.66. The highest BCUT2D eigenvalue weighted by Gasteiger charge is 2.08. The molecule has 0 unspecified atom stereocenters. The number of aromatic nitrogens is 5. The van der Waals surface area contributed by atoms with Crippen molar-refractivity contribution in [1.82, 2.24) is 24.5 Å². The van der Waals surface area contributed by atoms with Crippen LogP contribution in [-0.2, 0) is 13.6 Å². The Morgan fingerprint density at radius 3 is 2.67 bits per heavy atom. The molecule has 0 fully saturated rings. The van der Waals surface area contributed by atoms with Gasteiger partial charge in [0.15, 0.2) is 4.73 Å². The maximum Gasteiger partial charge on any atom is 0.240 e. The van der Waals surface area contributed by atoms with E-state index >= 15 is 0 Å². The van der Waals surface area contributed by atoms with Crippen LogP contribution < -0.4 is 5.73 Å². The molecular formula is C8H11BrN6. The molecule has 0 saturated heterocycles. The van der Waals surface area contributed by atoms with Crippen LogP contribution in [0.1, 0.15) is 11.3 Å². The highest BCUT2D eigenvalue weighted by Crippen LogP contribution is 2.12. The maximum absolute atomic E-state index is 5.48. The van der Waals surface area contributed by atoms with Gasteiger partial charge >= 0.3 is 0 Å². The van der Waals surface area contributed by atoms with Crippen LogP contribution in [0.5, 0.6) is 0 Å². The lowest BCUT2D eigenvalue weighted by molar-refractivity contribution is 0.667. The Morgan fingerprint density at radius 2 is 2.20 bits per heavy atom. The van der Waals surface area contributed by atoms with Gasteiger partial charge in [0.1, 0.15) is 0 Å². The molecule has 0 atom stereocenters. The summed E-state index contributed by atoms with van der Waals surface area (Å²) in [6.07, 6.45) is 1.96. The van der Waals surface area contributed by atoms with Crippen molar-refractivity contribution in [3.8, 4) is 0 Å². The number of nitrogens with zero attached hydrogens (tertiary/aromatic N) is 5. The molecule has 0 saturated carbocycles. The van der Waals surface area contributed by atoms with E-state index in [0.29, 0.717) is 11.3 Å². The molecule has 0 aliphatic carbocycles. The molecule has 2 aromatic heterocycles. The standard InChI is InChI=1S/C8H11BrN6/c1-5-6(3-14(2)12-5)4-15-7(9)11-8(10)13-15/h3H,4H2,1-2H3,(H2,10,13). The molecule has 0 amide bonds. The lowest BCUT2D eigenvalue weighted by Crippen LogP contribution is -2.03. The van der Waals surface area contributed by atoms with Crippen molar-refractivity contribution in [1.29, 1.82) is 0 Å². The van der Waals surface area contributed by atoms with Gasteiger partial charge in [0, 0.05) is 18.8 Å². The highest BCUT2D eigenvalue weighted by molar-refractivity contribution is 9.10. The van der Waals surface area contributed by atoms with E-state index in [1.54, 1.807) is 9.36 Å². The van der Waals surface area contributed by atoms with Gasteiger partial charge in [0.05, 0.1) is 12.2 Å². The zero-order chi connectivity index (χ0) is 11.0. The molecule has 7 heteroatoms. The van der Waals surface area contributed by atoms with E-state index in [2.05, 4.69) is 31.1 Å². The number of hydrogen-bond acceptors (Lipinski definition) is 4. The molecule has 2 N–H and O–H groups in total. The van der Waals surface area contributed by atoms with E-state index in [9.17, 15) is 0 Å². The van der Waals surface area contributed by atoms with Crippen LogP contribution in [0, 0.1) is 6.92 Å². The molecule has 15 heavy (non-hydrogen) atoms. The Bertz CT molecular complexity index is 441. The van der Waals surface area contributed by atoms with Crippen LogP contribution in [0.2, 0.25) is 0 Å². The Morgan fingerprint density at radius 1 is 1.47 bits per heavy atom. The number of nitrogen functional groups attached to an aromatic ring is 1. The van der Waals surface area contributed by atoms with Crippen molar-refractivity contribution in [2.75, 3.05) is 5.73 Å². The molecule has 0 radical (unpaired) electrons. The van der Waals surface area contributed by atoms with Crippen molar-refractivity contribution in [3.63, 3.8) is 0 Å². The SMILES string of the molecule is Cc1nn(C)cc1Cn1nc(N)nc1Br. The first-order chi connectivity index (χ1) is 7.06. The smallest absolute Gasteiger partial charge is 0.240 e. The number of hydrogen-bond donors (Lipinski definition) is 1. The molecule has 0 bridgehead atoms. The zero-order valence-corrected chi connectivity index (χ0v) is 10.1. The summed E-state index contributed by atoms with van der Waals surface area (Å²) in [4.78, 5) is 3.96. The number of aryl methyl sites for hydroxylation is 2. The fraction of sp³-hybridized carbons (Fsp3) is 0.375. The molecule has 2 aromatic rings. The molecular weight excluding hydrogens is 260 g/mol. The molecule has 6 nitrogen and oxygen atoms in total. The Hall–Kier alpha value is -1.37. The first kappa shape index (κ1) is 10.2. The fourth-order valence-corrected chi connectivity index (χ4v) is 1.79. The normalized spacial score (nSPS) is 10.9. The molecule has 0 spiro atoms. The van der Waals surface area contributed by atoms with Crippen molar-refractivity contribution in [2.24, 2.45) is 7.05 Å². The summed E-state index contributed by atoms with van der Waals surface area (Å²) in [5.41, 5.74) is 7.57. The van der Waals surface area contributed by atoms with Gasteiger partial charge < -0.3 is 5.73 Å². The van der Waals surface area contributed by atoms with E-state index in [1.165, 1.54) is 0 Å². The maximum atomic E-state index is 5.48. The first-order valence-corrected chi connectivity index (χ1v) is 5.20. The molecule has 0 aliphatic heterocycles. The van der Waals surface area contributed by atoms with E-state index in [4.69, 9.17) is 5.73 Å². The second-order valence-electron chi connectivity index (χ2n) is 3.31. The van der Waals surface area contributed by atoms with Crippen molar-refractivity contribution in [2.45, 2.75) is 13.5 Å². The Balaban J connectivity index is 2.29. The van der Waals surface area contributed by atoms with Gasteiger partial charge in [0.25, 0.3) is 0 Å². The van der Waals surface area contributed by atoms with Crippen molar-refractivity contribution in [3.05, 3.63) is 22.2 Å². The van der Waals surface area contributed by atoms with Gasteiger partial charge in [-0.2, -0.15) is 10.1 Å². The summed E-state index contributed by atoms with van der Waals surface area (Å²) in [5, 5.41) is 8.31. The van der Waals surface area contributed by atoms with E-state index in [1.807, 2.05) is 20.2 Å². The quantitative estimate of drug-likeness (QED) is 0.873. The summed E-state index contributed by atoms with van der Waals surface area (Å²) in [6, 6.07) is 0. The van der Waals surface area contributed by atoms with Crippen LogP contribution >= 0.6 is 15.9 Å². The van der Waals surface area contributed by atoms with Crippen LogP contribution in [0.25, 0.3) is 0 Å². The molecule has 80 valence electrons. The summed E-state index contributed by atoms with van der Waals surface area (Å²) in [7, 11) is 1.89. The lowest BCUT2D eigenvalue weighted by atomic mass is 10.3. The lowest BCUT2D eigenvalue weighted by Gasteiger charge is -1.99. The highest BCUT2D eigenvalue weighted by atomic mass is 79.9. The monoisotopic (exact) mass is 270 g/mol. The van der Waals surface area contributed by atoms with Crippen LogP contribution in [0.3, 0.4) is 0 Å². The van der Waals surface area contributed by atoms with E-state index < -0.39 is 0 Å². The van der Waals surface area contributed by atoms with Crippen molar-refractivity contribution >= 4 is 21.9 Å². The average Bonchev–Trinajstić information content (AvgIpc) is 2.58. The van der Waals surface area contributed by atoms with Crippen LogP contribution in [0.15, 0.2) is 10.9 Å². The van der Waals surface area contributed by atoms with Gasteiger partial charge in [-0.1, -0.05) is 0 Å². The molecule has 2 heterocycles. The third-order valence-electron chi connectivity index (χ3n) is 2.08. The number of halogens is 1. The van der Waals surface area contributed by atoms with Gasteiger partial charge in [-0.25, -0.2) is 4.68 Å². The largest absolute Gasteiger partial charge is 0.366 e. The Kier molecular flexibility index (Phi) is 2.47. The fourth-order valence-electron chi connectivity index (χ4n) is 1.41. The molecule has 0 aromatic carbocycles. The minimum absolute atomic E-state index is 0.267. The minimum Gasteiger partial charge on any atom is -0.366 e. The predicted molar refractivity (Wildman–Crippen MR) is 59.2 cm³/mol. The van der Waals surface area contributed by atoms with Crippen LogP contribution in [0.4, 0.5) is 5.95 Å². The number of anilines is 1. The average molecular weight is 271 g/mol. The number of rotatable bonds is 2. The second-order valence-corrected chi connectivity index (χ2v) is 4.02. The number of nitrogens with two attached hydrogens (primary N) is 1. The van der Waals surface area contributed by atoms with Gasteiger partial charge in [-0.05, 0) is 22.9 Å². The minimum atomic E-state index is 0.267. The zero-order valence-electron chi connectivity index (χ0n) is 8.48. The van der Waals surface area contributed by atoms with Crippen LogP contribution in [-0.4, -0.2) is 24.5 Å². The van der Waals surface area contributed by atoms with E-state index in [0.717, 1.165) is 11.3 Å². The Labute approximate surface area is 95.2 Å².